The van der Waals surface area contributed by atoms with Gasteiger partial charge in [0.1, 0.15) is 17.3 Å². The molecule has 110 valence electrons. The highest BCUT2D eigenvalue weighted by molar-refractivity contribution is 5.73. The van der Waals surface area contributed by atoms with Crippen molar-refractivity contribution in [2.45, 2.75) is 6.42 Å². The summed E-state index contributed by atoms with van der Waals surface area (Å²) in [4.78, 5) is 11.1. The normalized spacial score (nSPS) is 10.6. The predicted octanol–water partition coefficient (Wildman–Crippen LogP) is 2.95. The molecule has 1 aromatic heterocycles. The van der Waals surface area contributed by atoms with Crippen molar-refractivity contribution in [1.82, 2.24) is 15.0 Å². The van der Waals surface area contributed by atoms with Gasteiger partial charge in [-0.3, -0.25) is 4.79 Å². The fraction of sp³-hybridized carbons (Fsp3) is 0.0625. The van der Waals surface area contributed by atoms with Gasteiger partial charge in [0, 0.05) is 6.42 Å². The molecular formula is C16H11F2N3O. The number of aldehydes is 1. The molecule has 1 heterocycles. The van der Waals surface area contributed by atoms with Gasteiger partial charge in [0.25, 0.3) is 0 Å². The van der Waals surface area contributed by atoms with Gasteiger partial charge in [0.2, 0.25) is 0 Å². The van der Waals surface area contributed by atoms with E-state index in [1.807, 2.05) is 0 Å². The van der Waals surface area contributed by atoms with Crippen molar-refractivity contribution in [3.63, 3.8) is 0 Å². The summed E-state index contributed by atoms with van der Waals surface area (Å²) in [7, 11) is 0. The van der Waals surface area contributed by atoms with Crippen LogP contribution in [0.1, 0.15) is 21.7 Å². The van der Waals surface area contributed by atoms with Gasteiger partial charge < -0.3 is 0 Å². The quantitative estimate of drug-likeness (QED) is 0.696. The summed E-state index contributed by atoms with van der Waals surface area (Å²) in [5, 5.41) is 7.71. The molecule has 4 nitrogen and oxygen atoms in total. The van der Waals surface area contributed by atoms with Gasteiger partial charge in [-0.25, -0.2) is 13.5 Å². The number of hydrogen-bond donors (Lipinski definition) is 0. The van der Waals surface area contributed by atoms with Crippen LogP contribution in [0.3, 0.4) is 0 Å². The second-order valence-electron chi connectivity index (χ2n) is 4.73. The summed E-state index contributed by atoms with van der Waals surface area (Å²) in [6.45, 7) is 0. The first kappa shape index (κ1) is 14.1. The Morgan fingerprint density at radius 3 is 2.50 bits per heavy atom. The van der Waals surface area contributed by atoms with E-state index in [0.29, 0.717) is 24.1 Å². The standard InChI is InChI=1S/C16H11F2N3O/c17-12-6-4-11(5-7-12)8-16-15(10-22)19-20-21(16)14-3-1-2-13(18)9-14/h1-7,9-10H,8H2. The summed E-state index contributed by atoms with van der Waals surface area (Å²) in [6.07, 6.45) is 0.930. The third-order valence-electron chi connectivity index (χ3n) is 3.24. The minimum Gasteiger partial charge on any atom is -0.296 e. The monoisotopic (exact) mass is 299 g/mol. The lowest BCUT2D eigenvalue weighted by atomic mass is 10.1. The lowest BCUT2D eigenvalue weighted by Gasteiger charge is -2.07. The van der Waals surface area contributed by atoms with Crippen LogP contribution in [0.5, 0.6) is 0 Å². The van der Waals surface area contributed by atoms with E-state index in [2.05, 4.69) is 10.3 Å². The van der Waals surface area contributed by atoms with Gasteiger partial charge in [0.15, 0.2) is 6.29 Å². The number of nitrogens with zero attached hydrogens (tertiary/aromatic N) is 3. The smallest absolute Gasteiger partial charge is 0.172 e. The van der Waals surface area contributed by atoms with Crippen LogP contribution < -0.4 is 0 Å². The van der Waals surface area contributed by atoms with Crippen molar-refractivity contribution in [2.75, 3.05) is 0 Å². The van der Waals surface area contributed by atoms with Crippen LogP contribution in [0.2, 0.25) is 0 Å². The van der Waals surface area contributed by atoms with E-state index in [1.165, 1.54) is 28.9 Å². The van der Waals surface area contributed by atoms with Gasteiger partial charge in [-0.05, 0) is 35.9 Å². The van der Waals surface area contributed by atoms with E-state index < -0.39 is 5.82 Å². The summed E-state index contributed by atoms with van der Waals surface area (Å²) < 4.78 is 27.8. The first-order valence-electron chi connectivity index (χ1n) is 6.57. The molecule has 0 amide bonds. The fourth-order valence-electron chi connectivity index (χ4n) is 2.18. The Morgan fingerprint density at radius 2 is 1.82 bits per heavy atom. The maximum atomic E-state index is 13.4. The maximum Gasteiger partial charge on any atom is 0.172 e. The molecule has 0 saturated heterocycles. The van der Waals surface area contributed by atoms with Crippen LogP contribution in [-0.4, -0.2) is 21.3 Å². The average molecular weight is 299 g/mol. The van der Waals surface area contributed by atoms with E-state index in [0.717, 1.165) is 5.56 Å². The Kier molecular flexibility index (Phi) is 3.74. The molecule has 0 radical (unpaired) electrons. The van der Waals surface area contributed by atoms with Gasteiger partial charge >= 0.3 is 0 Å². The minimum absolute atomic E-state index is 0.175. The van der Waals surface area contributed by atoms with Gasteiger partial charge in [0.05, 0.1) is 11.4 Å². The third-order valence-corrected chi connectivity index (χ3v) is 3.24. The maximum absolute atomic E-state index is 13.4. The molecular weight excluding hydrogens is 288 g/mol. The zero-order chi connectivity index (χ0) is 15.5. The highest BCUT2D eigenvalue weighted by Crippen LogP contribution is 2.17. The number of rotatable bonds is 4. The van der Waals surface area contributed by atoms with Crippen molar-refractivity contribution in [1.29, 1.82) is 0 Å². The molecule has 0 saturated carbocycles. The zero-order valence-corrected chi connectivity index (χ0v) is 11.4. The van der Waals surface area contributed by atoms with E-state index in [-0.39, 0.29) is 11.5 Å². The second-order valence-corrected chi connectivity index (χ2v) is 4.73. The van der Waals surface area contributed by atoms with Crippen LogP contribution in [0.15, 0.2) is 48.5 Å². The predicted molar refractivity (Wildman–Crippen MR) is 75.9 cm³/mol. The van der Waals surface area contributed by atoms with Crippen LogP contribution in [-0.2, 0) is 6.42 Å². The van der Waals surface area contributed by atoms with E-state index in [9.17, 15) is 13.6 Å². The van der Waals surface area contributed by atoms with E-state index in [1.54, 1.807) is 24.3 Å². The van der Waals surface area contributed by atoms with Crippen LogP contribution in [0.25, 0.3) is 5.69 Å². The largest absolute Gasteiger partial charge is 0.296 e. The molecule has 3 aromatic rings. The summed E-state index contributed by atoms with van der Waals surface area (Å²) in [5.74, 6) is -0.746. The number of aromatic nitrogens is 3. The molecule has 0 spiro atoms. The number of carbonyl (C=O) groups is 1. The summed E-state index contributed by atoms with van der Waals surface area (Å²) in [6, 6.07) is 11.8. The van der Waals surface area contributed by atoms with Crippen molar-refractivity contribution < 1.29 is 13.6 Å². The van der Waals surface area contributed by atoms with Crippen molar-refractivity contribution in [2.24, 2.45) is 0 Å². The number of carbonyl (C=O) groups excluding carboxylic acids is 1. The molecule has 0 bridgehead atoms. The number of halogens is 2. The summed E-state index contributed by atoms with van der Waals surface area (Å²) >= 11 is 0. The number of benzene rings is 2. The Hall–Kier alpha value is -2.89. The molecule has 0 unspecified atom stereocenters. The Balaban J connectivity index is 2.04. The molecule has 22 heavy (non-hydrogen) atoms. The molecule has 0 aliphatic heterocycles. The van der Waals surface area contributed by atoms with E-state index in [4.69, 9.17) is 0 Å². The Labute approximate surface area is 125 Å². The van der Waals surface area contributed by atoms with Crippen LogP contribution >= 0.6 is 0 Å². The SMILES string of the molecule is O=Cc1nnn(-c2cccc(F)c2)c1Cc1ccc(F)cc1. The molecule has 0 aliphatic rings. The average Bonchev–Trinajstić information content (AvgIpc) is 2.92. The fourth-order valence-corrected chi connectivity index (χ4v) is 2.18. The summed E-state index contributed by atoms with van der Waals surface area (Å²) in [5.41, 5.74) is 1.96. The molecule has 0 atom stereocenters. The second kappa shape index (κ2) is 5.85. The molecule has 0 N–H and O–H groups in total. The third kappa shape index (κ3) is 2.76. The topological polar surface area (TPSA) is 47.8 Å². The lowest BCUT2D eigenvalue weighted by Crippen LogP contribution is -2.05. The van der Waals surface area contributed by atoms with Gasteiger partial charge in [-0.2, -0.15) is 0 Å². The Morgan fingerprint density at radius 1 is 1.05 bits per heavy atom. The number of hydrogen-bond acceptors (Lipinski definition) is 3. The van der Waals surface area contributed by atoms with Gasteiger partial charge in [-0.1, -0.05) is 23.4 Å². The van der Waals surface area contributed by atoms with Crippen LogP contribution in [0.4, 0.5) is 8.78 Å². The minimum atomic E-state index is -0.409. The van der Waals surface area contributed by atoms with Crippen molar-refractivity contribution in [3.05, 3.63) is 77.1 Å². The molecule has 6 heteroatoms. The highest BCUT2D eigenvalue weighted by atomic mass is 19.1. The van der Waals surface area contributed by atoms with Crippen LogP contribution in [0, 0.1) is 11.6 Å². The van der Waals surface area contributed by atoms with Crippen molar-refractivity contribution >= 4 is 6.29 Å². The van der Waals surface area contributed by atoms with E-state index >= 15 is 0 Å². The Bertz CT molecular complexity index is 813. The molecule has 2 aromatic carbocycles. The highest BCUT2D eigenvalue weighted by Gasteiger charge is 2.14. The van der Waals surface area contributed by atoms with Gasteiger partial charge in [-0.15, -0.1) is 5.10 Å². The zero-order valence-electron chi connectivity index (χ0n) is 11.4. The lowest BCUT2D eigenvalue weighted by molar-refractivity contribution is 0.111. The first-order valence-corrected chi connectivity index (χ1v) is 6.57. The first-order chi connectivity index (χ1) is 10.7. The molecule has 0 aliphatic carbocycles. The molecule has 0 fully saturated rings. The van der Waals surface area contributed by atoms with Crippen molar-refractivity contribution in [3.8, 4) is 5.69 Å². The molecule has 3 rings (SSSR count).